The third-order valence-corrected chi connectivity index (χ3v) is 8.44. The van der Waals surface area contributed by atoms with Gasteiger partial charge in [0.05, 0.1) is 5.56 Å². The molecule has 6 N–H and O–H groups in total. The molecule has 0 unspecified atom stereocenters. The first-order chi connectivity index (χ1) is 22.2. The molecule has 2 heterocycles. The number of anilines is 4. The molecular weight excluding hydrogens is 595 g/mol. The number of nitrogens with two attached hydrogens (primary N) is 1. The second-order valence-electron chi connectivity index (χ2n) is 11.9. The van der Waals surface area contributed by atoms with E-state index in [1.54, 1.807) is 11.0 Å². The van der Waals surface area contributed by atoms with Gasteiger partial charge in [0.1, 0.15) is 11.6 Å². The van der Waals surface area contributed by atoms with Gasteiger partial charge in [0.15, 0.2) is 0 Å². The molecule has 1 aliphatic heterocycles. The molecule has 0 bridgehead atoms. The lowest BCUT2D eigenvalue weighted by Crippen LogP contribution is -2.50. The Bertz CT molecular complexity index is 1410. The highest BCUT2D eigenvalue weighted by Crippen LogP contribution is 2.31. The third-order valence-electron chi connectivity index (χ3n) is 8.44. The van der Waals surface area contributed by atoms with Crippen LogP contribution < -0.4 is 31.9 Å². The van der Waals surface area contributed by atoms with E-state index in [2.05, 4.69) is 55.5 Å². The van der Waals surface area contributed by atoms with E-state index in [-0.39, 0.29) is 5.69 Å². The summed E-state index contributed by atoms with van der Waals surface area (Å²) in [5.74, 6) is 1.38. The Balaban J connectivity index is 1.03. The summed E-state index contributed by atoms with van der Waals surface area (Å²) in [6.45, 7) is 5.13. The molecule has 1 aliphatic carbocycles. The zero-order valence-corrected chi connectivity index (χ0v) is 26.1. The quantitative estimate of drug-likeness (QED) is 0.166. The van der Waals surface area contributed by atoms with Gasteiger partial charge in [-0.3, -0.25) is 0 Å². The number of nitrogens with zero attached hydrogens (tertiary/aromatic N) is 4. The first-order valence-electron chi connectivity index (χ1n) is 16.1. The van der Waals surface area contributed by atoms with E-state index in [4.69, 9.17) is 5.73 Å². The van der Waals surface area contributed by atoms with Gasteiger partial charge in [0.2, 0.25) is 5.95 Å². The van der Waals surface area contributed by atoms with Gasteiger partial charge in [-0.15, -0.1) is 0 Å². The fourth-order valence-electron chi connectivity index (χ4n) is 5.82. The van der Waals surface area contributed by atoms with E-state index in [0.717, 1.165) is 43.8 Å². The van der Waals surface area contributed by atoms with Crippen LogP contribution in [0.5, 0.6) is 0 Å². The Hall–Kier alpha value is -4.10. The smallest absolute Gasteiger partial charge is 0.383 e. The maximum atomic E-state index is 13.0. The number of hydrogen-bond acceptors (Lipinski definition) is 8. The number of urea groups is 1. The SMILES string of the molecule is Nc1cc(N2CCN(C(=O)Nc3cccc(C(F)(F)F)c3)CC2)nc(NCc2ccc(CNCCCNC3CCCCC3)cc2)n1. The number of rotatable bonds is 12. The van der Waals surface area contributed by atoms with E-state index < -0.39 is 17.8 Å². The van der Waals surface area contributed by atoms with Gasteiger partial charge in [0, 0.05) is 57.1 Å². The summed E-state index contributed by atoms with van der Waals surface area (Å²) in [6.07, 6.45) is 3.37. The van der Waals surface area contributed by atoms with Crippen molar-refractivity contribution < 1.29 is 18.0 Å². The van der Waals surface area contributed by atoms with E-state index in [9.17, 15) is 18.0 Å². The normalized spacial score (nSPS) is 16.0. The van der Waals surface area contributed by atoms with Gasteiger partial charge < -0.3 is 36.8 Å². The molecule has 2 aliphatic rings. The summed E-state index contributed by atoms with van der Waals surface area (Å²) in [5.41, 5.74) is 7.70. The Kier molecular flexibility index (Phi) is 11.5. The minimum absolute atomic E-state index is 0.0980. The zero-order valence-electron chi connectivity index (χ0n) is 26.1. The summed E-state index contributed by atoms with van der Waals surface area (Å²) in [6, 6.07) is 15.0. The number of benzene rings is 2. The second-order valence-corrected chi connectivity index (χ2v) is 11.9. The van der Waals surface area contributed by atoms with Crippen LogP contribution in [0.3, 0.4) is 0 Å². The number of carbonyl (C=O) groups is 1. The van der Waals surface area contributed by atoms with Crippen LogP contribution in [0.1, 0.15) is 55.2 Å². The van der Waals surface area contributed by atoms with Crippen molar-refractivity contribution in [2.75, 3.05) is 60.5 Å². The van der Waals surface area contributed by atoms with Crippen LogP contribution in [0.2, 0.25) is 0 Å². The molecule has 0 radical (unpaired) electrons. The number of piperazine rings is 1. The summed E-state index contributed by atoms with van der Waals surface area (Å²) < 4.78 is 39.1. The first kappa shape index (κ1) is 33.3. The lowest BCUT2D eigenvalue weighted by Gasteiger charge is -2.35. The number of hydrogen-bond donors (Lipinski definition) is 5. The summed E-state index contributed by atoms with van der Waals surface area (Å²) in [5, 5.41) is 13.0. The summed E-state index contributed by atoms with van der Waals surface area (Å²) in [4.78, 5) is 25.3. The molecule has 13 heteroatoms. The Morgan fingerprint density at radius 1 is 0.891 bits per heavy atom. The van der Waals surface area contributed by atoms with Crippen molar-refractivity contribution in [3.63, 3.8) is 0 Å². The zero-order chi connectivity index (χ0) is 32.4. The second kappa shape index (κ2) is 15.9. The fraction of sp³-hybridized carbons (Fsp3) is 0.485. The fourth-order valence-corrected chi connectivity index (χ4v) is 5.82. The van der Waals surface area contributed by atoms with Gasteiger partial charge in [-0.2, -0.15) is 23.1 Å². The molecule has 2 amide bonds. The van der Waals surface area contributed by atoms with Gasteiger partial charge in [0.25, 0.3) is 0 Å². The summed E-state index contributed by atoms with van der Waals surface area (Å²) in [7, 11) is 0. The van der Waals surface area contributed by atoms with Crippen LogP contribution in [0.25, 0.3) is 0 Å². The predicted octanol–water partition coefficient (Wildman–Crippen LogP) is 5.45. The van der Waals surface area contributed by atoms with E-state index in [1.807, 2.05) is 4.90 Å². The minimum atomic E-state index is -4.48. The van der Waals surface area contributed by atoms with Crippen molar-refractivity contribution in [2.45, 2.75) is 63.8 Å². The Morgan fingerprint density at radius 3 is 2.33 bits per heavy atom. The number of alkyl halides is 3. The molecule has 5 rings (SSSR count). The molecule has 1 saturated carbocycles. The highest BCUT2D eigenvalue weighted by atomic mass is 19.4. The number of carbonyl (C=O) groups excluding carboxylic acids is 1. The third kappa shape index (κ3) is 9.95. The molecule has 0 spiro atoms. The summed E-state index contributed by atoms with van der Waals surface area (Å²) >= 11 is 0. The van der Waals surface area contributed by atoms with Crippen molar-refractivity contribution in [3.05, 3.63) is 71.3 Å². The van der Waals surface area contributed by atoms with Crippen molar-refractivity contribution in [3.8, 4) is 0 Å². The van der Waals surface area contributed by atoms with Gasteiger partial charge in [-0.25, -0.2) is 4.79 Å². The number of nitrogen functional groups attached to an aromatic ring is 1. The van der Waals surface area contributed by atoms with Crippen LogP contribution in [0, 0.1) is 0 Å². The van der Waals surface area contributed by atoms with Crippen molar-refractivity contribution in [2.24, 2.45) is 0 Å². The largest absolute Gasteiger partial charge is 0.416 e. The molecule has 1 saturated heterocycles. The maximum Gasteiger partial charge on any atom is 0.416 e. The predicted molar refractivity (Wildman–Crippen MR) is 176 cm³/mol. The molecule has 46 heavy (non-hydrogen) atoms. The molecule has 2 aromatic carbocycles. The number of nitrogens with one attached hydrogen (secondary N) is 4. The minimum Gasteiger partial charge on any atom is -0.383 e. The molecule has 0 atom stereocenters. The standard InChI is InChI=1S/C33H44F3N9O/c34-33(35,36)26-6-4-9-28(20-26)41-32(46)45-18-16-44(17-19-45)30-21-29(37)42-31(43-30)40-23-25-12-10-24(11-13-25)22-38-14-5-15-39-27-7-2-1-3-8-27/h4,6,9-13,20-21,27,38-39H,1-3,5,7-8,14-19,22-23H2,(H,41,46)(H3,37,40,42,43). The number of aromatic nitrogens is 2. The van der Waals surface area contributed by atoms with Crippen molar-refractivity contribution >= 4 is 29.3 Å². The average Bonchev–Trinajstić information content (AvgIpc) is 3.06. The average molecular weight is 640 g/mol. The van der Waals surface area contributed by atoms with E-state index in [0.29, 0.717) is 56.3 Å². The van der Waals surface area contributed by atoms with Crippen LogP contribution in [0.15, 0.2) is 54.6 Å². The molecule has 2 fully saturated rings. The molecule has 3 aromatic rings. The monoisotopic (exact) mass is 639 g/mol. The molecule has 1 aromatic heterocycles. The maximum absolute atomic E-state index is 13.0. The van der Waals surface area contributed by atoms with Crippen LogP contribution in [-0.4, -0.2) is 66.2 Å². The van der Waals surface area contributed by atoms with Gasteiger partial charge >= 0.3 is 12.2 Å². The number of amides is 2. The van der Waals surface area contributed by atoms with Crippen LogP contribution >= 0.6 is 0 Å². The van der Waals surface area contributed by atoms with Crippen molar-refractivity contribution in [1.29, 1.82) is 0 Å². The highest BCUT2D eigenvalue weighted by Gasteiger charge is 2.31. The molecule has 248 valence electrons. The first-order valence-corrected chi connectivity index (χ1v) is 16.1. The molecular formula is C33H44F3N9O. The number of halogens is 3. The van der Waals surface area contributed by atoms with E-state index >= 15 is 0 Å². The van der Waals surface area contributed by atoms with Crippen LogP contribution in [-0.2, 0) is 19.3 Å². The van der Waals surface area contributed by atoms with E-state index in [1.165, 1.54) is 49.8 Å². The molecule has 10 nitrogen and oxygen atoms in total. The Labute approximate surface area is 268 Å². The Morgan fingerprint density at radius 2 is 1.61 bits per heavy atom. The van der Waals surface area contributed by atoms with Crippen LogP contribution in [0.4, 0.5) is 41.2 Å². The highest BCUT2D eigenvalue weighted by molar-refractivity contribution is 5.89. The van der Waals surface area contributed by atoms with Gasteiger partial charge in [-0.1, -0.05) is 49.6 Å². The topological polar surface area (TPSA) is 123 Å². The lowest BCUT2D eigenvalue weighted by atomic mass is 9.95. The van der Waals surface area contributed by atoms with Crippen molar-refractivity contribution in [1.82, 2.24) is 25.5 Å². The van der Waals surface area contributed by atoms with Gasteiger partial charge in [-0.05, 0) is 61.7 Å². The lowest BCUT2D eigenvalue weighted by molar-refractivity contribution is -0.137.